The fourth-order valence-corrected chi connectivity index (χ4v) is 2.48. The fourth-order valence-electron chi connectivity index (χ4n) is 2.48. The standard InChI is InChI=1S/C19H37NO2/c1-4-5-6-7-8-9-10-11-12-13-14-15-16-17-18-19(21)20(2)22-3/h17-18H,4-16H2,1-3H3/b18-17-. The number of hydrogen-bond acceptors (Lipinski definition) is 2. The van der Waals surface area contributed by atoms with Gasteiger partial charge >= 0.3 is 0 Å². The van der Waals surface area contributed by atoms with Crippen LogP contribution in [0, 0.1) is 0 Å². The van der Waals surface area contributed by atoms with E-state index >= 15 is 0 Å². The molecule has 0 aliphatic heterocycles. The molecular formula is C19H37NO2. The van der Waals surface area contributed by atoms with E-state index in [-0.39, 0.29) is 5.91 Å². The Morgan fingerprint density at radius 3 is 1.77 bits per heavy atom. The lowest BCUT2D eigenvalue weighted by Gasteiger charge is -2.09. The van der Waals surface area contributed by atoms with Gasteiger partial charge in [-0.3, -0.25) is 9.63 Å². The molecular weight excluding hydrogens is 274 g/mol. The molecule has 0 aliphatic rings. The summed E-state index contributed by atoms with van der Waals surface area (Å²) in [5.74, 6) is -0.0959. The molecule has 0 radical (unpaired) electrons. The normalized spacial score (nSPS) is 11.2. The zero-order valence-electron chi connectivity index (χ0n) is 15.1. The first kappa shape index (κ1) is 21.2. The molecule has 0 unspecified atom stereocenters. The Labute approximate surface area is 138 Å². The fraction of sp³-hybridized carbons (Fsp3) is 0.842. The molecule has 130 valence electrons. The SMILES string of the molecule is CCCCCCCCCCCCCC/C=C\C(=O)N(C)OC. The number of carbonyl (C=O) groups is 1. The molecule has 0 saturated carbocycles. The minimum Gasteiger partial charge on any atom is -0.274 e. The highest BCUT2D eigenvalue weighted by Crippen LogP contribution is 2.12. The van der Waals surface area contributed by atoms with Crippen molar-refractivity contribution in [3.05, 3.63) is 12.2 Å². The van der Waals surface area contributed by atoms with Gasteiger partial charge in [0.25, 0.3) is 5.91 Å². The van der Waals surface area contributed by atoms with Crippen LogP contribution in [0.5, 0.6) is 0 Å². The number of rotatable bonds is 15. The quantitative estimate of drug-likeness (QED) is 0.222. The van der Waals surface area contributed by atoms with Crippen LogP contribution in [-0.4, -0.2) is 25.1 Å². The highest BCUT2D eigenvalue weighted by Gasteiger charge is 2.00. The molecule has 0 heterocycles. The predicted octanol–water partition coefficient (Wildman–Crippen LogP) is 5.65. The number of carbonyl (C=O) groups excluding carboxylic acids is 1. The topological polar surface area (TPSA) is 29.5 Å². The molecule has 0 aromatic heterocycles. The van der Waals surface area contributed by atoms with E-state index in [0.717, 1.165) is 6.42 Å². The Morgan fingerprint density at radius 2 is 1.32 bits per heavy atom. The van der Waals surface area contributed by atoms with Crippen LogP contribution in [0.25, 0.3) is 0 Å². The summed E-state index contributed by atoms with van der Waals surface area (Å²) >= 11 is 0. The summed E-state index contributed by atoms with van der Waals surface area (Å²) in [4.78, 5) is 16.2. The van der Waals surface area contributed by atoms with Crippen molar-refractivity contribution >= 4 is 5.91 Å². The Bertz CT molecular complexity index is 277. The summed E-state index contributed by atoms with van der Waals surface area (Å²) in [6.45, 7) is 2.27. The molecule has 0 saturated heterocycles. The van der Waals surface area contributed by atoms with Gasteiger partial charge in [-0.25, -0.2) is 5.06 Å². The van der Waals surface area contributed by atoms with Crippen molar-refractivity contribution in [2.24, 2.45) is 0 Å². The van der Waals surface area contributed by atoms with E-state index in [1.807, 2.05) is 6.08 Å². The molecule has 0 aliphatic carbocycles. The maximum absolute atomic E-state index is 11.4. The summed E-state index contributed by atoms with van der Waals surface area (Å²) in [6.07, 6.45) is 20.9. The minimum atomic E-state index is -0.0959. The Balaban J connectivity index is 3.20. The second-order valence-corrected chi connectivity index (χ2v) is 6.10. The van der Waals surface area contributed by atoms with Crippen LogP contribution in [0.4, 0.5) is 0 Å². The van der Waals surface area contributed by atoms with Crippen LogP contribution < -0.4 is 0 Å². The van der Waals surface area contributed by atoms with Gasteiger partial charge in [0, 0.05) is 13.1 Å². The third-order valence-corrected chi connectivity index (χ3v) is 4.07. The number of likely N-dealkylation sites (N-methyl/N-ethyl adjacent to an activating group) is 1. The number of nitrogens with zero attached hydrogens (tertiary/aromatic N) is 1. The van der Waals surface area contributed by atoms with Crippen molar-refractivity contribution in [3.8, 4) is 0 Å². The molecule has 22 heavy (non-hydrogen) atoms. The Morgan fingerprint density at radius 1 is 0.864 bits per heavy atom. The first-order chi connectivity index (χ1) is 10.7. The molecule has 0 bridgehead atoms. The molecule has 0 aromatic rings. The van der Waals surface area contributed by atoms with Gasteiger partial charge in [0.1, 0.15) is 0 Å². The zero-order valence-corrected chi connectivity index (χ0v) is 15.1. The van der Waals surface area contributed by atoms with E-state index in [0.29, 0.717) is 0 Å². The summed E-state index contributed by atoms with van der Waals surface area (Å²) in [5, 5.41) is 1.23. The lowest BCUT2D eigenvalue weighted by atomic mass is 10.0. The van der Waals surface area contributed by atoms with Gasteiger partial charge < -0.3 is 0 Å². The molecule has 3 nitrogen and oxygen atoms in total. The number of hydroxylamine groups is 2. The van der Waals surface area contributed by atoms with Crippen molar-refractivity contribution in [1.29, 1.82) is 0 Å². The average molecular weight is 312 g/mol. The van der Waals surface area contributed by atoms with E-state index in [4.69, 9.17) is 4.84 Å². The van der Waals surface area contributed by atoms with Crippen LogP contribution in [0.1, 0.15) is 90.4 Å². The van der Waals surface area contributed by atoms with Crippen LogP contribution in [0.2, 0.25) is 0 Å². The van der Waals surface area contributed by atoms with Gasteiger partial charge in [0.05, 0.1) is 7.11 Å². The number of amides is 1. The maximum Gasteiger partial charge on any atom is 0.269 e. The lowest BCUT2D eigenvalue weighted by molar-refractivity contribution is -0.162. The molecule has 0 N–H and O–H groups in total. The van der Waals surface area contributed by atoms with Crippen LogP contribution >= 0.6 is 0 Å². The molecule has 0 atom stereocenters. The first-order valence-corrected chi connectivity index (χ1v) is 9.20. The molecule has 3 heteroatoms. The van der Waals surface area contributed by atoms with Gasteiger partial charge in [-0.1, -0.05) is 83.6 Å². The van der Waals surface area contributed by atoms with E-state index < -0.39 is 0 Å². The number of allylic oxidation sites excluding steroid dienone is 1. The summed E-state index contributed by atoms with van der Waals surface area (Å²) < 4.78 is 0. The second kappa shape index (κ2) is 16.5. The van der Waals surface area contributed by atoms with Gasteiger partial charge in [0.2, 0.25) is 0 Å². The van der Waals surface area contributed by atoms with Gasteiger partial charge in [-0.05, 0) is 12.8 Å². The largest absolute Gasteiger partial charge is 0.274 e. The highest BCUT2D eigenvalue weighted by molar-refractivity contribution is 5.86. The van der Waals surface area contributed by atoms with Gasteiger partial charge in [-0.15, -0.1) is 0 Å². The summed E-state index contributed by atoms with van der Waals surface area (Å²) in [6, 6.07) is 0. The molecule has 0 fully saturated rings. The Kier molecular flexibility index (Phi) is 15.9. The van der Waals surface area contributed by atoms with Crippen molar-refractivity contribution in [1.82, 2.24) is 5.06 Å². The van der Waals surface area contributed by atoms with E-state index in [1.165, 1.54) is 89.2 Å². The Hall–Kier alpha value is -0.830. The van der Waals surface area contributed by atoms with Crippen molar-refractivity contribution in [3.63, 3.8) is 0 Å². The van der Waals surface area contributed by atoms with Crippen LogP contribution in [-0.2, 0) is 9.63 Å². The maximum atomic E-state index is 11.4. The van der Waals surface area contributed by atoms with Crippen LogP contribution in [0.3, 0.4) is 0 Å². The average Bonchev–Trinajstić information content (AvgIpc) is 2.54. The first-order valence-electron chi connectivity index (χ1n) is 9.20. The predicted molar refractivity (Wildman–Crippen MR) is 94.6 cm³/mol. The third kappa shape index (κ3) is 14.1. The lowest BCUT2D eigenvalue weighted by Crippen LogP contribution is -2.22. The smallest absolute Gasteiger partial charge is 0.269 e. The van der Waals surface area contributed by atoms with Crippen molar-refractivity contribution in [2.75, 3.05) is 14.2 Å². The minimum absolute atomic E-state index is 0.0959. The van der Waals surface area contributed by atoms with Crippen LogP contribution in [0.15, 0.2) is 12.2 Å². The summed E-state index contributed by atoms with van der Waals surface area (Å²) in [7, 11) is 3.12. The van der Waals surface area contributed by atoms with Gasteiger partial charge in [0.15, 0.2) is 0 Å². The monoisotopic (exact) mass is 311 g/mol. The van der Waals surface area contributed by atoms with E-state index in [9.17, 15) is 4.79 Å². The van der Waals surface area contributed by atoms with Crippen molar-refractivity contribution < 1.29 is 9.63 Å². The molecule has 1 amide bonds. The number of unbranched alkanes of at least 4 members (excludes halogenated alkanes) is 12. The van der Waals surface area contributed by atoms with Crippen molar-refractivity contribution in [2.45, 2.75) is 90.4 Å². The van der Waals surface area contributed by atoms with E-state index in [1.54, 1.807) is 13.1 Å². The zero-order chi connectivity index (χ0) is 16.5. The summed E-state index contributed by atoms with van der Waals surface area (Å²) in [5.41, 5.74) is 0. The molecule has 0 spiro atoms. The van der Waals surface area contributed by atoms with E-state index in [2.05, 4.69) is 6.92 Å². The molecule has 0 aromatic carbocycles. The second-order valence-electron chi connectivity index (χ2n) is 6.10. The van der Waals surface area contributed by atoms with Gasteiger partial charge in [-0.2, -0.15) is 0 Å². The highest BCUT2D eigenvalue weighted by atomic mass is 16.7. The molecule has 0 rings (SSSR count). The third-order valence-electron chi connectivity index (χ3n) is 4.07. The number of hydrogen-bond donors (Lipinski definition) is 0.